The van der Waals surface area contributed by atoms with Gasteiger partial charge in [0.05, 0.1) is 13.2 Å². The van der Waals surface area contributed by atoms with E-state index >= 15 is 0 Å². The number of carbonyl (C=O) groups excluding carboxylic acids is 1. The number of unbranched alkanes of at least 4 members (excludes halogenated alkanes) is 3. The van der Waals surface area contributed by atoms with E-state index < -0.39 is 17.4 Å². The van der Waals surface area contributed by atoms with Gasteiger partial charge in [-0.25, -0.2) is 0 Å². The Morgan fingerprint density at radius 3 is 2.12 bits per heavy atom. The quantitative estimate of drug-likeness (QED) is 0.328. The number of aliphatic carboxylic acids is 1. The predicted octanol–water partition coefficient (Wildman–Crippen LogP) is 4.20. The Labute approximate surface area is 150 Å². The lowest BCUT2D eigenvalue weighted by Gasteiger charge is -2.24. The predicted molar refractivity (Wildman–Crippen MR) is 96.2 cm³/mol. The van der Waals surface area contributed by atoms with Crippen molar-refractivity contribution in [2.75, 3.05) is 13.2 Å². The van der Waals surface area contributed by atoms with Crippen molar-refractivity contribution in [2.45, 2.75) is 59.0 Å². The summed E-state index contributed by atoms with van der Waals surface area (Å²) < 4.78 is 10.8. The van der Waals surface area contributed by atoms with Crippen LogP contribution in [0.1, 0.15) is 57.9 Å². The van der Waals surface area contributed by atoms with Gasteiger partial charge in [0, 0.05) is 6.61 Å². The molecule has 0 radical (unpaired) electrons. The van der Waals surface area contributed by atoms with E-state index in [9.17, 15) is 14.7 Å². The monoisotopic (exact) mass is 350 g/mol. The summed E-state index contributed by atoms with van der Waals surface area (Å²) in [6.07, 6.45) is 4.13. The van der Waals surface area contributed by atoms with Crippen LogP contribution in [0.5, 0.6) is 0 Å². The van der Waals surface area contributed by atoms with E-state index in [1.165, 1.54) is 5.56 Å². The van der Waals surface area contributed by atoms with Crippen LogP contribution in [0.2, 0.25) is 0 Å². The highest BCUT2D eigenvalue weighted by atomic mass is 16.5. The first-order chi connectivity index (χ1) is 12.1. The Kier molecular flexibility index (Phi) is 9.85. The fourth-order valence-electron chi connectivity index (χ4n) is 2.66. The molecular formula is C20H30O5. The number of carboxylic acid groups (broad SMARTS) is 1. The Hall–Kier alpha value is -1.88. The second kappa shape index (κ2) is 11.6. The molecule has 0 unspecified atom stereocenters. The molecular weight excluding hydrogens is 320 g/mol. The number of carboxylic acids is 1. The first-order valence-electron chi connectivity index (χ1n) is 9.09. The lowest BCUT2D eigenvalue weighted by molar-refractivity contribution is -0.169. The molecule has 1 rings (SSSR count). The molecule has 0 aliphatic carbocycles. The Morgan fingerprint density at radius 1 is 0.960 bits per heavy atom. The molecule has 25 heavy (non-hydrogen) atoms. The SMILES string of the molecule is CCC(CC)(C(=O)O)C(=O)OCCCCCCOCc1ccccc1. The third-order valence-electron chi connectivity index (χ3n) is 4.53. The van der Waals surface area contributed by atoms with Crippen molar-refractivity contribution in [2.24, 2.45) is 5.41 Å². The van der Waals surface area contributed by atoms with Crippen molar-refractivity contribution in [3.8, 4) is 0 Å². The molecule has 0 fully saturated rings. The van der Waals surface area contributed by atoms with Crippen LogP contribution in [0.15, 0.2) is 30.3 Å². The lowest BCUT2D eigenvalue weighted by Crippen LogP contribution is -2.39. The van der Waals surface area contributed by atoms with Crippen molar-refractivity contribution in [1.82, 2.24) is 0 Å². The zero-order valence-electron chi connectivity index (χ0n) is 15.3. The van der Waals surface area contributed by atoms with Gasteiger partial charge < -0.3 is 14.6 Å². The first-order valence-corrected chi connectivity index (χ1v) is 9.09. The minimum Gasteiger partial charge on any atom is -0.480 e. The van der Waals surface area contributed by atoms with Gasteiger partial charge in [0.25, 0.3) is 0 Å². The van der Waals surface area contributed by atoms with Gasteiger partial charge in [-0.15, -0.1) is 0 Å². The van der Waals surface area contributed by atoms with Crippen molar-refractivity contribution >= 4 is 11.9 Å². The third-order valence-corrected chi connectivity index (χ3v) is 4.53. The van der Waals surface area contributed by atoms with Gasteiger partial charge in [0.2, 0.25) is 0 Å². The molecule has 0 aromatic heterocycles. The molecule has 0 atom stereocenters. The molecule has 0 bridgehead atoms. The molecule has 0 saturated heterocycles. The van der Waals surface area contributed by atoms with Gasteiger partial charge in [0.15, 0.2) is 5.41 Å². The molecule has 1 aromatic carbocycles. The van der Waals surface area contributed by atoms with Gasteiger partial charge in [-0.3, -0.25) is 9.59 Å². The van der Waals surface area contributed by atoms with Crippen LogP contribution in [-0.2, 0) is 25.7 Å². The minimum absolute atomic E-state index is 0.246. The van der Waals surface area contributed by atoms with E-state index in [0.29, 0.717) is 13.2 Å². The molecule has 5 heteroatoms. The number of hydrogen-bond acceptors (Lipinski definition) is 4. The van der Waals surface area contributed by atoms with Gasteiger partial charge in [-0.1, -0.05) is 50.6 Å². The van der Waals surface area contributed by atoms with Crippen molar-refractivity contribution in [1.29, 1.82) is 0 Å². The minimum atomic E-state index is -1.40. The number of ether oxygens (including phenoxy) is 2. The molecule has 0 spiro atoms. The molecule has 0 aliphatic rings. The Bertz CT molecular complexity index is 508. The number of esters is 1. The van der Waals surface area contributed by atoms with Crippen molar-refractivity contribution in [3.05, 3.63) is 35.9 Å². The van der Waals surface area contributed by atoms with Gasteiger partial charge >= 0.3 is 11.9 Å². The molecule has 0 amide bonds. The van der Waals surface area contributed by atoms with E-state index in [1.807, 2.05) is 30.3 Å². The molecule has 0 saturated carbocycles. The van der Waals surface area contributed by atoms with Crippen LogP contribution in [0.25, 0.3) is 0 Å². The average molecular weight is 350 g/mol. The summed E-state index contributed by atoms with van der Waals surface area (Å²) in [4.78, 5) is 23.4. The molecule has 140 valence electrons. The van der Waals surface area contributed by atoms with Crippen LogP contribution < -0.4 is 0 Å². The maximum absolute atomic E-state index is 12.1. The van der Waals surface area contributed by atoms with Crippen LogP contribution in [0, 0.1) is 5.41 Å². The maximum atomic E-state index is 12.1. The Balaban J connectivity index is 2.08. The van der Waals surface area contributed by atoms with E-state index in [-0.39, 0.29) is 19.4 Å². The molecule has 1 aromatic rings. The van der Waals surface area contributed by atoms with Crippen molar-refractivity contribution in [3.63, 3.8) is 0 Å². The molecule has 1 N–H and O–H groups in total. The van der Waals surface area contributed by atoms with Crippen LogP contribution >= 0.6 is 0 Å². The smallest absolute Gasteiger partial charge is 0.323 e. The van der Waals surface area contributed by atoms with E-state index in [2.05, 4.69) is 0 Å². The van der Waals surface area contributed by atoms with E-state index in [1.54, 1.807) is 13.8 Å². The fraction of sp³-hybridized carbons (Fsp3) is 0.600. The zero-order chi connectivity index (χ0) is 18.5. The topological polar surface area (TPSA) is 72.8 Å². The maximum Gasteiger partial charge on any atom is 0.323 e. The second-order valence-corrected chi connectivity index (χ2v) is 6.18. The Morgan fingerprint density at radius 2 is 1.56 bits per heavy atom. The summed E-state index contributed by atoms with van der Waals surface area (Å²) in [5.41, 5.74) is -0.228. The highest BCUT2D eigenvalue weighted by Crippen LogP contribution is 2.28. The van der Waals surface area contributed by atoms with Crippen LogP contribution in [0.4, 0.5) is 0 Å². The van der Waals surface area contributed by atoms with Crippen LogP contribution in [0.3, 0.4) is 0 Å². The van der Waals surface area contributed by atoms with Gasteiger partial charge in [-0.05, 0) is 37.7 Å². The first kappa shape index (κ1) is 21.2. The lowest BCUT2D eigenvalue weighted by atomic mass is 9.82. The standard InChI is InChI=1S/C20H30O5/c1-3-20(4-2,18(21)22)19(23)25-15-11-6-5-10-14-24-16-17-12-8-7-9-13-17/h7-9,12-13H,3-6,10-11,14-16H2,1-2H3,(H,21,22). The normalized spacial score (nSPS) is 11.3. The third kappa shape index (κ3) is 6.86. The summed E-state index contributed by atoms with van der Waals surface area (Å²) >= 11 is 0. The highest BCUT2D eigenvalue weighted by molar-refractivity contribution is 5.99. The second-order valence-electron chi connectivity index (χ2n) is 6.18. The summed E-state index contributed by atoms with van der Waals surface area (Å²) in [7, 11) is 0. The fourth-order valence-corrected chi connectivity index (χ4v) is 2.66. The van der Waals surface area contributed by atoms with E-state index in [4.69, 9.17) is 9.47 Å². The largest absolute Gasteiger partial charge is 0.480 e. The summed E-state index contributed by atoms with van der Waals surface area (Å²) in [5.74, 6) is -1.71. The highest BCUT2D eigenvalue weighted by Gasteiger charge is 2.44. The molecule has 0 aliphatic heterocycles. The summed E-state index contributed by atoms with van der Waals surface area (Å²) in [5, 5.41) is 9.28. The van der Waals surface area contributed by atoms with Gasteiger partial charge in [-0.2, -0.15) is 0 Å². The zero-order valence-corrected chi connectivity index (χ0v) is 15.3. The van der Waals surface area contributed by atoms with Crippen LogP contribution in [-0.4, -0.2) is 30.3 Å². The molecule has 5 nitrogen and oxygen atoms in total. The summed E-state index contributed by atoms with van der Waals surface area (Å²) in [6, 6.07) is 10.1. The van der Waals surface area contributed by atoms with Gasteiger partial charge in [0.1, 0.15) is 0 Å². The number of benzene rings is 1. The number of carbonyl (C=O) groups is 2. The molecule has 0 heterocycles. The number of hydrogen-bond donors (Lipinski definition) is 1. The van der Waals surface area contributed by atoms with E-state index in [0.717, 1.165) is 25.7 Å². The summed E-state index contributed by atoms with van der Waals surface area (Å²) in [6.45, 7) is 5.02. The average Bonchev–Trinajstić information content (AvgIpc) is 2.62. The number of rotatable bonds is 13. The van der Waals surface area contributed by atoms with Crippen molar-refractivity contribution < 1.29 is 24.2 Å².